The van der Waals surface area contributed by atoms with E-state index in [1.807, 2.05) is 26.7 Å². The van der Waals surface area contributed by atoms with Crippen LogP contribution in [-0.4, -0.2) is 11.8 Å². The number of allylic oxidation sites excluding steroid dienone is 6. The number of hydrogen-bond acceptors (Lipinski definition) is 1. The molecule has 0 radical (unpaired) electrons. The summed E-state index contributed by atoms with van der Waals surface area (Å²) in [5, 5.41) is 0. The van der Waals surface area contributed by atoms with Crippen molar-refractivity contribution >= 4 is 11.8 Å². The van der Waals surface area contributed by atoms with E-state index >= 15 is 0 Å². The van der Waals surface area contributed by atoms with Gasteiger partial charge in [-0.25, -0.2) is 4.39 Å². The lowest BCUT2D eigenvalue weighted by molar-refractivity contribution is -0.146. The van der Waals surface area contributed by atoms with Gasteiger partial charge in [0.25, 0.3) is 0 Å². The summed E-state index contributed by atoms with van der Waals surface area (Å²) < 4.78 is 53.0. The van der Waals surface area contributed by atoms with Crippen molar-refractivity contribution in [1.82, 2.24) is 0 Å². The molecule has 0 nitrogen and oxygen atoms in total. The van der Waals surface area contributed by atoms with Crippen LogP contribution in [0.1, 0.15) is 34.1 Å². The molecule has 0 aliphatic heterocycles. The maximum absolute atomic E-state index is 14.3. The topological polar surface area (TPSA) is 0 Å². The van der Waals surface area contributed by atoms with Crippen LogP contribution in [0.3, 0.4) is 0 Å². The minimum Gasteiger partial charge on any atom is -0.225 e. The van der Waals surface area contributed by atoms with Gasteiger partial charge >= 0.3 is 6.18 Å². The average molecular weight is 344 g/mol. The molecule has 0 aromatic carbocycles. The standard InChI is InChI=1S/C18H20F4S/c1-6-16(12(2)3)23-13(4)14-7-8-15(18(20,21)22)9-10-17(5,19)11-14/h7-8,11,15H,4,6H2,1-3,5H3/b8-7-,14-11+. The molecule has 126 valence electrons. The summed E-state index contributed by atoms with van der Waals surface area (Å²) in [5.41, 5.74) is -0.703. The van der Waals surface area contributed by atoms with Crippen LogP contribution in [0.25, 0.3) is 0 Å². The summed E-state index contributed by atoms with van der Waals surface area (Å²) in [6.07, 6.45) is -0.312. The van der Waals surface area contributed by atoms with Crippen molar-refractivity contribution in [2.24, 2.45) is 5.92 Å². The van der Waals surface area contributed by atoms with Gasteiger partial charge in [-0.2, -0.15) is 13.2 Å². The highest BCUT2D eigenvalue weighted by molar-refractivity contribution is 8.07. The van der Waals surface area contributed by atoms with Crippen LogP contribution in [0.2, 0.25) is 0 Å². The Morgan fingerprint density at radius 2 is 2.00 bits per heavy atom. The zero-order valence-electron chi connectivity index (χ0n) is 13.6. The SMILES string of the molecule is C=C(SC(CC)=C(C)C)C1=C/C(C)(F)C#CC(C(F)(F)F)/C=C\1. The fraction of sp³-hybridized carbons (Fsp3) is 0.444. The summed E-state index contributed by atoms with van der Waals surface area (Å²) in [4.78, 5) is 1.57. The fourth-order valence-electron chi connectivity index (χ4n) is 1.94. The molecule has 0 spiro atoms. The monoisotopic (exact) mass is 344 g/mol. The van der Waals surface area contributed by atoms with Crippen LogP contribution >= 0.6 is 11.8 Å². The molecule has 0 bridgehead atoms. The first-order valence-electron chi connectivity index (χ1n) is 7.19. The summed E-state index contributed by atoms with van der Waals surface area (Å²) in [6.45, 7) is 10.9. The highest BCUT2D eigenvalue weighted by Gasteiger charge is 2.37. The molecule has 0 aromatic rings. The predicted molar refractivity (Wildman–Crippen MR) is 89.5 cm³/mol. The summed E-state index contributed by atoms with van der Waals surface area (Å²) >= 11 is 1.35. The van der Waals surface area contributed by atoms with E-state index in [9.17, 15) is 17.6 Å². The van der Waals surface area contributed by atoms with Gasteiger partial charge in [0.2, 0.25) is 0 Å². The third-order valence-corrected chi connectivity index (χ3v) is 4.59. The quantitative estimate of drug-likeness (QED) is 0.423. The van der Waals surface area contributed by atoms with Crippen LogP contribution in [0, 0.1) is 17.8 Å². The molecule has 0 aromatic heterocycles. The second kappa shape index (κ2) is 7.44. The first-order valence-corrected chi connectivity index (χ1v) is 8.00. The van der Waals surface area contributed by atoms with Gasteiger partial charge in [0.1, 0.15) is 5.92 Å². The Morgan fingerprint density at radius 1 is 1.39 bits per heavy atom. The molecule has 0 saturated heterocycles. The molecule has 1 aliphatic carbocycles. The fourth-order valence-corrected chi connectivity index (χ4v) is 2.83. The van der Waals surface area contributed by atoms with E-state index < -0.39 is 17.8 Å². The number of hydrogen-bond donors (Lipinski definition) is 0. The number of halogens is 4. The number of rotatable bonds is 4. The Morgan fingerprint density at radius 3 is 2.48 bits per heavy atom. The normalized spacial score (nSPS) is 27.7. The Balaban J connectivity index is 3.19. The third-order valence-electron chi connectivity index (χ3n) is 3.17. The minimum absolute atomic E-state index is 0.329. The summed E-state index contributed by atoms with van der Waals surface area (Å²) in [7, 11) is 0. The first kappa shape index (κ1) is 19.6. The van der Waals surface area contributed by atoms with E-state index in [1.54, 1.807) is 0 Å². The Bertz CT molecular complexity index is 618. The zero-order chi connectivity index (χ0) is 17.8. The first-order chi connectivity index (χ1) is 10.5. The van der Waals surface area contributed by atoms with Crippen molar-refractivity contribution in [3.63, 3.8) is 0 Å². The Hall–Kier alpha value is -1.41. The molecule has 23 heavy (non-hydrogen) atoms. The molecular weight excluding hydrogens is 324 g/mol. The van der Waals surface area contributed by atoms with Crippen LogP contribution in [-0.2, 0) is 0 Å². The van der Waals surface area contributed by atoms with Crippen LogP contribution < -0.4 is 0 Å². The predicted octanol–water partition coefficient (Wildman–Crippen LogP) is 6.34. The molecule has 2 atom stereocenters. The van der Waals surface area contributed by atoms with E-state index in [1.165, 1.54) is 23.9 Å². The number of alkyl halides is 4. The molecule has 1 rings (SSSR count). The van der Waals surface area contributed by atoms with Gasteiger partial charge in [-0.05, 0) is 43.7 Å². The van der Waals surface area contributed by atoms with Gasteiger partial charge in [-0.1, -0.05) is 54.8 Å². The van der Waals surface area contributed by atoms with Crippen LogP contribution in [0.5, 0.6) is 0 Å². The molecule has 0 N–H and O–H groups in total. The lowest BCUT2D eigenvalue weighted by Gasteiger charge is -2.18. The Labute approximate surface area is 139 Å². The molecule has 0 amide bonds. The van der Waals surface area contributed by atoms with Gasteiger partial charge in [0, 0.05) is 4.91 Å². The van der Waals surface area contributed by atoms with E-state index in [0.717, 1.165) is 29.9 Å². The minimum atomic E-state index is -4.52. The van der Waals surface area contributed by atoms with Crippen molar-refractivity contribution in [2.75, 3.05) is 0 Å². The van der Waals surface area contributed by atoms with Crippen molar-refractivity contribution in [3.8, 4) is 11.8 Å². The van der Waals surface area contributed by atoms with Gasteiger partial charge in [-0.3, -0.25) is 0 Å². The molecule has 0 fully saturated rings. The van der Waals surface area contributed by atoms with E-state index in [2.05, 4.69) is 12.5 Å². The molecule has 2 unspecified atom stereocenters. The highest BCUT2D eigenvalue weighted by atomic mass is 32.2. The largest absolute Gasteiger partial charge is 0.405 e. The molecule has 0 heterocycles. The second-order valence-electron chi connectivity index (χ2n) is 5.62. The average Bonchev–Trinajstić information content (AvgIpc) is 2.38. The van der Waals surface area contributed by atoms with Crippen LogP contribution in [0.15, 0.2) is 45.8 Å². The third kappa shape index (κ3) is 5.95. The van der Waals surface area contributed by atoms with Gasteiger partial charge in [-0.15, -0.1) is 0 Å². The van der Waals surface area contributed by atoms with Gasteiger partial charge in [0.05, 0.1) is 0 Å². The van der Waals surface area contributed by atoms with E-state index in [0.29, 0.717) is 10.5 Å². The van der Waals surface area contributed by atoms with Crippen LogP contribution in [0.4, 0.5) is 17.6 Å². The maximum Gasteiger partial charge on any atom is 0.405 e. The van der Waals surface area contributed by atoms with E-state index in [4.69, 9.17) is 0 Å². The molecular formula is C18H20F4S. The smallest absolute Gasteiger partial charge is 0.225 e. The highest BCUT2D eigenvalue weighted by Crippen LogP contribution is 2.36. The van der Waals surface area contributed by atoms with Crippen molar-refractivity contribution in [1.29, 1.82) is 0 Å². The summed E-state index contributed by atoms with van der Waals surface area (Å²) in [5.74, 6) is 2.04. The molecule has 5 heteroatoms. The molecule has 0 saturated carbocycles. The van der Waals surface area contributed by atoms with E-state index in [-0.39, 0.29) is 0 Å². The molecule has 1 aliphatic rings. The lowest BCUT2D eigenvalue weighted by Crippen LogP contribution is -2.22. The number of thioether (sulfide) groups is 1. The van der Waals surface area contributed by atoms with Crippen molar-refractivity contribution < 1.29 is 17.6 Å². The van der Waals surface area contributed by atoms with Gasteiger partial charge in [0.15, 0.2) is 5.67 Å². The lowest BCUT2D eigenvalue weighted by atomic mass is 9.98. The second-order valence-corrected chi connectivity index (χ2v) is 6.81. The maximum atomic E-state index is 14.3. The van der Waals surface area contributed by atoms with Gasteiger partial charge < -0.3 is 0 Å². The van der Waals surface area contributed by atoms with Crippen molar-refractivity contribution in [3.05, 3.63) is 45.8 Å². The summed E-state index contributed by atoms with van der Waals surface area (Å²) in [6, 6.07) is 0. The van der Waals surface area contributed by atoms with Crippen molar-refractivity contribution in [2.45, 2.75) is 46.0 Å². The Kier molecular flexibility index (Phi) is 6.35. The zero-order valence-corrected chi connectivity index (χ0v) is 14.5.